The largest absolute Gasteiger partial charge is 0.352 e. The summed E-state index contributed by atoms with van der Waals surface area (Å²) >= 11 is 0. The third-order valence-electron chi connectivity index (χ3n) is 6.99. The van der Waals surface area contributed by atoms with E-state index in [-0.39, 0.29) is 17.7 Å². The van der Waals surface area contributed by atoms with Crippen LogP contribution in [0.2, 0.25) is 0 Å². The van der Waals surface area contributed by atoms with Gasteiger partial charge in [0.15, 0.2) is 0 Å². The molecule has 0 unspecified atom stereocenters. The number of carbonyl (C=O) groups excluding carboxylic acids is 2. The van der Waals surface area contributed by atoms with Crippen LogP contribution in [0.1, 0.15) is 56.3 Å². The Morgan fingerprint density at radius 1 is 1.07 bits per heavy atom. The van der Waals surface area contributed by atoms with Gasteiger partial charge in [-0.2, -0.15) is 0 Å². The Morgan fingerprint density at radius 2 is 1.80 bits per heavy atom. The molecule has 3 fully saturated rings. The van der Waals surface area contributed by atoms with E-state index in [1.807, 2.05) is 23.6 Å². The molecule has 0 aromatic carbocycles. The van der Waals surface area contributed by atoms with E-state index in [1.165, 1.54) is 32.1 Å². The van der Waals surface area contributed by atoms with E-state index in [0.717, 1.165) is 36.8 Å². The molecule has 0 spiro atoms. The normalized spacial score (nSPS) is 23.7. The standard InChI is InChI=1S/C23H35N5O2/c1-17-14-24-18(2)22(25-17)26-10-12-27(13-11-26)23(30)20-8-9-21(29)28(16-20)15-19-6-4-3-5-7-19/h14,19-20H,3-13,15-16H2,1-2H3/t20-/m0/s1. The van der Waals surface area contributed by atoms with Gasteiger partial charge in [-0.05, 0) is 39.0 Å². The lowest BCUT2D eigenvalue weighted by atomic mass is 9.87. The fourth-order valence-corrected chi connectivity index (χ4v) is 5.20. The van der Waals surface area contributed by atoms with Gasteiger partial charge in [-0.15, -0.1) is 0 Å². The highest BCUT2D eigenvalue weighted by Crippen LogP contribution is 2.28. The van der Waals surface area contributed by atoms with Crippen molar-refractivity contribution >= 4 is 17.6 Å². The summed E-state index contributed by atoms with van der Waals surface area (Å²) in [6, 6.07) is 0. The van der Waals surface area contributed by atoms with E-state index in [0.29, 0.717) is 38.4 Å². The minimum Gasteiger partial charge on any atom is -0.352 e. The van der Waals surface area contributed by atoms with E-state index in [4.69, 9.17) is 0 Å². The van der Waals surface area contributed by atoms with E-state index in [9.17, 15) is 9.59 Å². The fraction of sp³-hybridized carbons (Fsp3) is 0.739. The summed E-state index contributed by atoms with van der Waals surface area (Å²) in [5, 5.41) is 0. The molecule has 1 atom stereocenters. The first-order chi connectivity index (χ1) is 14.5. The Hall–Kier alpha value is -2.18. The molecule has 0 radical (unpaired) electrons. The number of hydrogen-bond acceptors (Lipinski definition) is 5. The Kier molecular flexibility index (Phi) is 6.54. The second kappa shape index (κ2) is 9.31. The Morgan fingerprint density at radius 3 is 2.53 bits per heavy atom. The lowest BCUT2D eigenvalue weighted by Gasteiger charge is -2.40. The molecule has 7 nitrogen and oxygen atoms in total. The maximum Gasteiger partial charge on any atom is 0.227 e. The molecule has 2 aliphatic heterocycles. The van der Waals surface area contributed by atoms with Crippen molar-refractivity contribution in [3.63, 3.8) is 0 Å². The maximum absolute atomic E-state index is 13.2. The highest BCUT2D eigenvalue weighted by Gasteiger charge is 2.35. The lowest BCUT2D eigenvalue weighted by molar-refractivity contribution is -0.143. The summed E-state index contributed by atoms with van der Waals surface area (Å²) in [5.74, 6) is 1.98. The van der Waals surface area contributed by atoms with E-state index >= 15 is 0 Å². The second-order valence-electron chi connectivity index (χ2n) is 9.27. The molecule has 2 amide bonds. The Labute approximate surface area is 179 Å². The average Bonchev–Trinajstić information content (AvgIpc) is 2.77. The van der Waals surface area contributed by atoms with Crippen LogP contribution in [0.4, 0.5) is 5.82 Å². The van der Waals surface area contributed by atoms with Crippen molar-refractivity contribution in [2.24, 2.45) is 11.8 Å². The summed E-state index contributed by atoms with van der Waals surface area (Å²) in [4.78, 5) is 40.9. The van der Waals surface area contributed by atoms with Crippen molar-refractivity contribution in [1.29, 1.82) is 0 Å². The maximum atomic E-state index is 13.2. The molecule has 0 bridgehead atoms. The minimum atomic E-state index is -0.0432. The quantitative estimate of drug-likeness (QED) is 0.759. The minimum absolute atomic E-state index is 0.0432. The number of nitrogens with zero attached hydrogens (tertiary/aromatic N) is 5. The zero-order chi connectivity index (χ0) is 21.1. The van der Waals surface area contributed by atoms with Gasteiger partial charge in [0.1, 0.15) is 5.82 Å². The molecule has 30 heavy (non-hydrogen) atoms. The monoisotopic (exact) mass is 413 g/mol. The number of rotatable bonds is 4. The van der Waals surface area contributed by atoms with Crippen molar-refractivity contribution in [3.05, 3.63) is 17.6 Å². The topological polar surface area (TPSA) is 69.6 Å². The van der Waals surface area contributed by atoms with E-state index in [1.54, 1.807) is 6.20 Å². The molecule has 1 aromatic heterocycles. The van der Waals surface area contributed by atoms with Crippen LogP contribution < -0.4 is 4.90 Å². The molecule has 3 heterocycles. The highest BCUT2D eigenvalue weighted by atomic mass is 16.2. The van der Waals surface area contributed by atoms with E-state index in [2.05, 4.69) is 14.9 Å². The van der Waals surface area contributed by atoms with Crippen LogP contribution in [0.5, 0.6) is 0 Å². The summed E-state index contributed by atoms with van der Waals surface area (Å²) in [7, 11) is 0. The molecule has 4 rings (SSSR count). The smallest absolute Gasteiger partial charge is 0.227 e. The van der Waals surface area contributed by atoms with Gasteiger partial charge >= 0.3 is 0 Å². The summed E-state index contributed by atoms with van der Waals surface area (Å²) in [6.45, 7) is 8.38. The molecule has 2 saturated heterocycles. The van der Waals surface area contributed by atoms with Gasteiger partial charge in [0, 0.05) is 51.9 Å². The predicted molar refractivity (Wildman–Crippen MR) is 116 cm³/mol. The van der Waals surface area contributed by atoms with Crippen LogP contribution in [0.3, 0.4) is 0 Å². The molecule has 7 heteroatoms. The van der Waals surface area contributed by atoms with Crippen LogP contribution in [0.25, 0.3) is 0 Å². The molecule has 1 saturated carbocycles. The zero-order valence-corrected chi connectivity index (χ0v) is 18.5. The average molecular weight is 414 g/mol. The zero-order valence-electron chi connectivity index (χ0n) is 18.5. The van der Waals surface area contributed by atoms with Crippen LogP contribution in [0.15, 0.2) is 6.20 Å². The third kappa shape index (κ3) is 4.76. The second-order valence-corrected chi connectivity index (χ2v) is 9.27. The van der Waals surface area contributed by atoms with Crippen molar-refractivity contribution in [1.82, 2.24) is 19.8 Å². The molecule has 0 N–H and O–H groups in total. The molecular weight excluding hydrogens is 378 g/mol. The van der Waals surface area contributed by atoms with Gasteiger partial charge < -0.3 is 14.7 Å². The van der Waals surface area contributed by atoms with Crippen LogP contribution in [0, 0.1) is 25.7 Å². The van der Waals surface area contributed by atoms with Crippen molar-refractivity contribution in [2.75, 3.05) is 44.2 Å². The first-order valence-electron chi connectivity index (χ1n) is 11.6. The number of anilines is 1. The first kappa shape index (κ1) is 21.1. The van der Waals surface area contributed by atoms with E-state index < -0.39 is 0 Å². The van der Waals surface area contributed by atoms with Gasteiger partial charge in [0.05, 0.1) is 17.3 Å². The molecule has 1 aromatic rings. The molecule has 164 valence electrons. The Bertz CT molecular complexity index is 769. The molecular formula is C23H35N5O2. The van der Waals surface area contributed by atoms with Gasteiger partial charge in [-0.3, -0.25) is 14.6 Å². The number of likely N-dealkylation sites (tertiary alicyclic amines) is 1. The van der Waals surface area contributed by atoms with Crippen molar-refractivity contribution < 1.29 is 9.59 Å². The summed E-state index contributed by atoms with van der Waals surface area (Å²) in [5.41, 5.74) is 1.85. The van der Waals surface area contributed by atoms with Gasteiger partial charge in [0.25, 0.3) is 0 Å². The summed E-state index contributed by atoms with van der Waals surface area (Å²) < 4.78 is 0. The Balaban J connectivity index is 1.32. The number of aromatic nitrogens is 2. The number of amides is 2. The highest BCUT2D eigenvalue weighted by molar-refractivity contribution is 5.84. The van der Waals surface area contributed by atoms with Gasteiger partial charge in [-0.25, -0.2) is 4.98 Å². The van der Waals surface area contributed by atoms with Gasteiger partial charge in [-0.1, -0.05) is 19.3 Å². The predicted octanol–water partition coefficient (Wildman–Crippen LogP) is 2.56. The van der Waals surface area contributed by atoms with Crippen LogP contribution in [-0.2, 0) is 9.59 Å². The third-order valence-corrected chi connectivity index (χ3v) is 6.99. The van der Waals surface area contributed by atoms with Crippen molar-refractivity contribution in [2.45, 2.75) is 58.8 Å². The van der Waals surface area contributed by atoms with Gasteiger partial charge in [0.2, 0.25) is 11.8 Å². The number of hydrogen-bond donors (Lipinski definition) is 0. The number of aryl methyl sites for hydroxylation is 2. The van der Waals surface area contributed by atoms with Crippen molar-refractivity contribution in [3.8, 4) is 0 Å². The first-order valence-corrected chi connectivity index (χ1v) is 11.6. The SMILES string of the molecule is Cc1cnc(C)c(N2CCN(C(=O)[C@H]3CCC(=O)N(CC4CCCCC4)C3)CC2)n1. The molecule has 1 aliphatic carbocycles. The number of carbonyl (C=O) groups is 2. The summed E-state index contributed by atoms with van der Waals surface area (Å²) in [6.07, 6.45) is 9.35. The van der Waals surface area contributed by atoms with Crippen LogP contribution >= 0.6 is 0 Å². The lowest BCUT2D eigenvalue weighted by Crippen LogP contribution is -2.54. The number of piperazine rings is 1. The fourth-order valence-electron chi connectivity index (χ4n) is 5.20. The molecule has 3 aliphatic rings. The van der Waals surface area contributed by atoms with Crippen LogP contribution in [-0.4, -0.2) is 70.9 Å². The number of piperidine rings is 1.